The fourth-order valence-corrected chi connectivity index (χ4v) is 2.50. The van der Waals surface area contributed by atoms with E-state index in [1.807, 2.05) is 0 Å². The monoisotopic (exact) mass is 371 g/mol. The first-order chi connectivity index (χ1) is 12.9. The Bertz CT molecular complexity index is 877. The molecule has 7 nitrogen and oxygen atoms in total. The predicted octanol–water partition coefficient (Wildman–Crippen LogP) is 3.63. The van der Waals surface area contributed by atoms with E-state index in [4.69, 9.17) is 13.9 Å². The summed E-state index contributed by atoms with van der Waals surface area (Å²) in [7, 11) is 1.57. The fourth-order valence-electron chi connectivity index (χ4n) is 2.50. The third kappa shape index (κ3) is 4.84. The minimum Gasteiger partial charge on any atom is -0.497 e. The maximum Gasteiger partial charge on any atom is 0.344 e. The van der Waals surface area contributed by atoms with Crippen LogP contribution in [0.15, 0.2) is 34.8 Å². The highest BCUT2D eigenvalue weighted by Gasteiger charge is 2.28. The number of carbonyl (C=O) groups excluding carboxylic acids is 3. The van der Waals surface area contributed by atoms with Gasteiger partial charge in [0, 0.05) is 6.08 Å². The van der Waals surface area contributed by atoms with Crippen LogP contribution in [0.5, 0.6) is 5.75 Å². The Morgan fingerprint density at radius 1 is 1.15 bits per heavy atom. The van der Waals surface area contributed by atoms with Crippen LogP contribution in [0.1, 0.15) is 45.9 Å². The lowest BCUT2D eigenvalue weighted by molar-refractivity contribution is -0.111. The molecule has 0 saturated carbocycles. The maximum absolute atomic E-state index is 12.2. The van der Waals surface area contributed by atoms with E-state index >= 15 is 0 Å². The van der Waals surface area contributed by atoms with E-state index in [0.717, 1.165) is 5.56 Å². The molecule has 0 aliphatic heterocycles. The van der Waals surface area contributed by atoms with Gasteiger partial charge < -0.3 is 13.9 Å². The average molecular weight is 371 g/mol. The molecule has 0 bridgehead atoms. The number of ketones is 1. The van der Waals surface area contributed by atoms with Crippen LogP contribution >= 0.6 is 0 Å². The highest BCUT2D eigenvalue weighted by atomic mass is 16.5. The van der Waals surface area contributed by atoms with Crippen LogP contribution in [-0.4, -0.2) is 31.4 Å². The third-order valence-corrected chi connectivity index (χ3v) is 3.70. The summed E-state index contributed by atoms with van der Waals surface area (Å²) in [5.41, 5.74) is 0.813. The molecule has 1 aromatic heterocycles. The maximum atomic E-state index is 12.2. The number of rotatable bonds is 7. The van der Waals surface area contributed by atoms with Crippen molar-refractivity contribution in [2.75, 3.05) is 19.0 Å². The fraction of sp³-hybridized carbons (Fsp3) is 0.250. The number of hydrogen-bond acceptors (Lipinski definition) is 6. The lowest BCUT2D eigenvalue weighted by atomic mass is 10.1. The summed E-state index contributed by atoms with van der Waals surface area (Å²) >= 11 is 0. The number of Topliss-reactive ketones (excluding diaryl/α,β-unsaturated/α-hetero) is 1. The summed E-state index contributed by atoms with van der Waals surface area (Å²) in [5, 5.41) is 2.49. The summed E-state index contributed by atoms with van der Waals surface area (Å²) in [6, 6.07) is 7.12. The largest absolute Gasteiger partial charge is 0.497 e. The Balaban J connectivity index is 2.23. The number of carbonyl (C=O) groups is 3. The van der Waals surface area contributed by atoms with Gasteiger partial charge in [-0.2, -0.15) is 0 Å². The Kier molecular flexibility index (Phi) is 6.54. The molecule has 142 valence electrons. The summed E-state index contributed by atoms with van der Waals surface area (Å²) in [5.74, 6) is -0.762. The van der Waals surface area contributed by atoms with Gasteiger partial charge in [-0.25, -0.2) is 4.79 Å². The number of nitrogens with one attached hydrogen (secondary N) is 1. The van der Waals surface area contributed by atoms with E-state index < -0.39 is 11.9 Å². The smallest absolute Gasteiger partial charge is 0.344 e. The lowest BCUT2D eigenvalue weighted by Crippen LogP contribution is -2.14. The van der Waals surface area contributed by atoms with Gasteiger partial charge in [-0.05, 0) is 44.5 Å². The highest BCUT2D eigenvalue weighted by molar-refractivity contribution is 6.12. The number of aryl methyl sites for hydroxylation is 1. The summed E-state index contributed by atoms with van der Waals surface area (Å²) in [4.78, 5) is 36.3. The molecule has 0 spiro atoms. The summed E-state index contributed by atoms with van der Waals surface area (Å²) in [6.45, 7) is 4.64. The van der Waals surface area contributed by atoms with E-state index in [2.05, 4.69) is 5.32 Å². The van der Waals surface area contributed by atoms with Gasteiger partial charge in [0.2, 0.25) is 5.88 Å². The average Bonchev–Trinajstić information content (AvgIpc) is 2.96. The van der Waals surface area contributed by atoms with E-state index in [-0.39, 0.29) is 35.2 Å². The number of benzene rings is 1. The van der Waals surface area contributed by atoms with Gasteiger partial charge >= 0.3 is 5.97 Å². The Morgan fingerprint density at radius 2 is 1.81 bits per heavy atom. The second kappa shape index (κ2) is 8.84. The van der Waals surface area contributed by atoms with Crippen molar-refractivity contribution in [2.45, 2.75) is 20.8 Å². The first-order valence-corrected chi connectivity index (χ1v) is 8.31. The molecule has 0 saturated heterocycles. The molecule has 7 heteroatoms. The van der Waals surface area contributed by atoms with Gasteiger partial charge in [-0.1, -0.05) is 12.1 Å². The zero-order chi connectivity index (χ0) is 20.0. The Labute approximate surface area is 157 Å². The quantitative estimate of drug-likeness (QED) is 0.454. The molecule has 2 rings (SSSR count). The number of amides is 1. The number of ether oxygens (including phenoxy) is 2. The van der Waals surface area contributed by atoms with Crippen LogP contribution in [0, 0.1) is 6.92 Å². The molecule has 0 unspecified atom stereocenters. The molecule has 1 N–H and O–H groups in total. The molecule has 0 fully saturated rings. The van der Waals surface area contributed by atoms with Crippen LogP contribution < -0.4 is 10.1 Å². The first kappa shape index (κ1) is 20.0. The van der Waals surface area contributed by atoms with E-state index in [9.17, 15) is 14.4 Å². The van der Waals surface area contributed by atoms with Crippen LogP contribution in [0.3, 0.4) is 0 Å². The molecule has 0 radical (unpaired) electrons. The molecule has 0 atom stereocenters. The van der Waals surface area contributed by atoms with E-state index in [1.54, 1.807) is 51.3 Å². The van der Waals surface area contributed by atoms with Gasteiger partial charge in [0.25, 0.3) is 5.91 Å². The molecule has 0 aliphatic carbocycles. The Hall–Kier alpha value is -3.35. The molecular weight excluding hydrogens is 350 g/mol. The normalized spacial score (nSPS) is 10.7. The van der Waals surface area contributed by atoms with Gasteiger partial charge in [0.1, 0.15) is 17.1 Å². The number of esters is 1. The number of hydrogen-bond donors (Lipinski definition) is 1. The molecule has 1 amide bonds. The van der Waals surface area contributed by atoms with Crippen molar-refractivity contribution in [2.24, 2.45) is 0 Å². The predicted molar refractivity (Wildman–Crippen MR) is 100 cm³/mol. The molecule has 0 aliphatic rings. The van der Waals surface area contributed by atoms with Crippen molar-refractivity contribution in [3.05, 3.63) is 52.8 Å². The van der Waals surface area contributed by atoms with Gasteiger partial charge in [0.15, 0.2) is 5.78 Å². The van der Waals surface area contributed by atoms with Gasteiger partial charge in [-0.3, -0.25) is 14.9 Å². The minimum absolute atomic E-state index is 0.0759. The van der Waals surface area contributed by atoms with Crippen molar-refractivity contribution in [3.8, 4) is 5.75 Å². The van der Waals surface area contributed by atoms with Gasteiger partial charge in [0.05, 0.1) is 19.3 Å². The Morgan fingerprint density at radius 3 is 2.37 bits per heavy atom. The molecule has 27 heavy (non-hydrogen) atoms. The third-order valence-electron chi connectivity index (χ3n) is 3.70. The van der Waals surface area contributed by atoms with Crippen LogP contribution in [-0.2, 0) is 9.53 Å². The van der Waals surface area contributed by atoms with E-state index in [1.165, 1.54) is 13.0 Å². The topological polar surface area (TPSA) is 94.8 Å². The standard InChI is InChI=1S/C20H21NO6/c1-5-26-20(24)18-17(12(2)22)13(3)27-19(18)21-16(23)11-8-14-6-9-15(25-4)10-7-14/h6-11H,5H2,1-4H3,(H,21,23)/b11-8+. The van der Waals surface area contributed by atoms with Crippen LogP contribution in [0.4, 0.5) is 5.88 Å². The number of methoxy groups -OCH3 is 1. The van der Waals surface area contributed by atoms with Crippen molar-refractivity contribution in [1.82, 2.24) is 0 Å². The van der Waals surface area contributed by atoms with Crippen LogP contribution in [0.2, 0.25) is 0 Å². The zero-order valence-electron chi connectivity index (χ0n) is 15.6. The van der Waals surface area contributed by atoms with Crippen molar-refractivity contribution in [1.29, 1.82) is 0 Å². The zero-order valence-corrected chi connectivity index (χ0v) is 15.6. The molecular formula is C20H21NO6. The van der Waals surface area contributed by atoms with Gasteiger partial charge in [-0.15, -0.1) is 0 Å². The lowest BCUT2D eigenvalue weighted by Gasteiger charge is -2.04. The van der Waals surface area contributed by atoms with Crippen LogP contribution in [0.25, 0.3) is 6.08 Å². The highest BCUT2D eigenvalue weighted by Crippen LogP contribution is 2.28. The second-order valence-electron chi connectivity index (χ2n) is 5.61. The minimum atomic E-state index is -0.728. The summed E-state index contributed by atoms with van der Waals surface area (Å²) < 4.78 is 15.5. The number of furan rings is 1. The van der Waals surface area contributed by atoms with Crippen molar-refractivity contribution in [3.63, 3.8) is 0 Å². The second-order valence-corrected chi connectivity index (χ2v) is 5.61. The van der Waals surface area contributed by atoms with E-state index in [0.29, 0.717) is 5.75 Å². The summed E-state index contributed by atoms with van der Waals surface area (Å²) in [6.07, 6.45) is 2.89. The molecule has 1 heterocycles. The first-order valence-electron chi connectivity index (χ1n) is 8.31. The van der Waals surface area contributed by atoms with Crippen molar-refractivity contribution < 1.29 is 28.3 Å². The number of anilines is 1. The molecule has 1 aromatic carbocycles. The molecule has 2 aromatic rings. The SMILES string of the molecule is CCOC(=O)c1c(NC(=O)/C=C/c2ccc(OC)cc2)oc(C)c1C(C)=O. The van der Waals surface area contributed by atoms with Crippen molar-refractivity contribution >= 4 is 29.6 Å².